The summed E-state index contributed by atoms with van der Waals surface area (Å²) in [5.74, 6) is -0.904. The van der Waals surface area contributed by atoms with Gasteiger partial charge in [0.05, 0.1) is 0 Å². The number of ether oxygens (including phenoxy) is 3. The molecular weight excluding hydrogens is 877 g/mol. The molecule has 6 heteroatoms. The molecule has 71 heavy (non-hydrogen) atoms. The summed E-state index contributed by atoms with van der Waals surface area (Å²) in [5, 5.41) is 0. The summed E-state index contributed by atoms with van der Waals surface area (Å²) < 4.78 is 16.9. The van der Waals surface area contributed by atoms with Crippen molar-refractivity contribution in [2.45, 2.75) is 335 Å². The molecule has 0 fully saturated rings. The first-order valence-corrected chi connectivity index (χ1v) is 31.1. The van der Waals surface area contributed by atoms with Crippen LogP contribution in [0.25, 0.3) is 0 Å². The predicted octanol–water partition coefficient (Wildman–Crippen LogP) is 21.0. The molecule has 0 N–H and O–H groups in total. The van der Waals surface area contributed by atoms with Crippen LogP contribution in [0.2, 0.25) is 0 Å². The Morgan fingerprint density at radius 3 is 0.887 bits per heavy atom. The van der Waals surface area contributed by atoms with Crippen molar-refractivity contribution in [3.05, 3.63) is 48.6 Å². The molecule has 0 bridgehead atoms. The Labute approximate surface area is 441 Å². The molecule has 0 heterocycles. The maximum absolute atomic E-state index is 12.9. The first-order valence-electron chi connectivity index (χ1n) is 31.1. The molecule has 0 aromatic carbocycles. The highest BCUT2D eigenvalue weighted by molar-refractivity contribution is 5.71. The molecule has 0 radical (unpaired) electrons. The highest BCUT2D eigenvalue weighted by Crippen LogP contribution is 2.17. The van der Waals surface area contributed by atoms with Gasteiger partial charge in [-0.05, 0) is 77.0 Å². The largest absolute Gasteiger partial charge is 0.462 e. The van der Waals surface area contributed by atoms with E-state index in [4.69, 9.17) is 14.2 Å². The summed E-state index contributed by atoms with van der Waals surface area (Å²) in [6.07, 6.45) is 74.1. The molecule has 0 amide bonds. The second kappa shape index (κ2) is 59.9. The van der Waals surface area contributed by atoms with Crippen LogP contribution in [0.3, 0.4) is 0 Å². The van der Waals surface area contributed by atoms with Gasteiger partial charge in [-0.15, -0.1) is 0 Å². The molecule has 0 aliphatic carbocycles. The Bertz CT molecular complexity index is 1230. The standard InChI is InChI=1S/C65H118O6/c1-4-7-10-13-16-19-22-25-27-29-30-31-32-33-34-35-36-38-40-43-46-49-52-55-58-64(67)70-61-62(60-69-63(66)57-54-51-48-45-42-39-24-21-18-15-12-9-6-3)71-65(68)59-56-53-50-47-44-41-37-28-26-23-20-17-14-11-8-5-2/h9,12,18,21,28,37,39,42,62H,4-8,10-11,13-17,19-20,22-27,29-36,38,40-41,43-61H2,1-3H3/b12-9-,21-18-,37-28-,42-39-. The van der Waals surface area contributed by atoms with Gasteiger partial charge in [0.1, 0.15) is 13.2 Å². The fourth-order valence-corrected chi connectivity index (χ4v) is 9.16. The first-order chi connectivity index (χ1) is 35.0. The summed E-state index contributed by atoms with van der Waals surface area (Å²) in [4.78, 5) is 38.2. The Hall–Kier alpha value is -2.63. The average molecular weight is 996 g/mol. The van der Waals surface area contributed by atoms with Crippen LogP contribution in [0.4, 0.5) is 0 Å². The minimum Gasteiger partial charge on any atom is -0.462 e. The average Bonchev–Trinajstić information content (AvgIpc) is 3.37. The van der Waals surface area contributed by atoms with Crippen molar-refractivity contribution < 1.29 is 28.6 Å². The molecule has 0 spiro atoms. The van der Waals surface area contributed by atoms with Gasteiger partial charge in [0.15, 0.2) is 6.10 Å². The Balaban J connectivity index is 4.27. The lowest BCUT2D eigenvalue weighted by Crippen LogP contribution is -2.30. The Morgan fingerprint density at radius 1 is 0.296 bits per heavy atom. The normalized spacial score (nSPS) is 12.3. The number of hydrogen-bond donors (Lipinski definition) is 0. The third-order valence-corrected chi connectivity index (χ3v) is 13.8. The van der Waals surface area contributed by atoms with E-state index in [-0.39, 0.29) is 31.1 Å². The minimum absolute atomic E-state index is 0.0826. The third kappa shape index (κ3) is 58.1. The molecule has 6 nitrogen and oxygen atoms in total. The van der Waals surface area contributed by atoms with Crippen LogP contribution in [0.5, 0.6) is 0 Å². The van der Waals surface area contributed by atoms with Crippen molar-refractivity contribution in [2.75, 3.05) is 13.2 Å². The van der Waals surface area contributed by atoms with Crippen LogP contribution in [-0.4, -0.2) is 37.2 Å². The maximum Gasteiger partial charge on any atom is 0.306 e. The first kappa shape index (κ1) is 68.4. The SMILES string of the molecule is CC/C=C\C/C=C\C/C=C\CCCCCC(=O)OCC(COC(=O)CCCCCCCCCCCCCCCCCCCCCCCCCC)OC(=O)CCCCCCC/C=C\CCCCCCCCC. The zero-order valence-corrected chi connectivity index (χ0v) is 47.5. The summed E-state index contributed by atoms with van der Waals surface area (Å²) in [5.41, 5.74) is 0. The van der Waals surface area contributed by atoms with E-state index in [0.29, 0.717) is 19.3 Å². The minimum atomic E-state index is -0.788. The van der Waals surface area contributed by atoms with Gasteiger partial charge in [-0.25, -0.2) is 0 Å². The zero-order valence-electron chi connectivity index (χ0n) is 47.5. The number of carbonyl (C=O) groups excluding carboxylic acids is 3. The molecule has 414 valence electrons. The number of allylic oxidation sites excluding steroid dienone is 8. The summed E-state index contributed by atoms with van der Waals surface area (Å²) >= 11 is 0. The van der Waals surface area contributed by atoms with E-state index in [1.807, 2.05) is 0 Å². The molecular formula is C65H118O6. The number of unbranched alkanes of at least 4 members (excludes halogenated alkanes) is 38. The Morgan fingerprint density at radius 2 is 0.549 bits per heavy atom. The molecule has 0 saturated carbocycles. The number of rotatable bonds is 57. The van der Waals surface area contributed by atoms with Gasteiger partial charge in [-0.3, -0.25) is 14.4 Å². The van der Waals surface area contributed by atoms with Gasteiger partial charge in [-0.2, -0.15) is 0 Å². The maximum atomic E-state index is 12.9. The van der Waals surface area contributed by atoms with Crippen LogP contribution >= 0.6 is 0 Å². The van der Waals surface area contributed by atoms with Gasteiger partial charge in [0, 0.05) is 19.3 Å². The second-order valence-electron chi connectivity index (χ2n) is 20.9. The van der Waals surface area contributed by atoms with Crippen LogP contribution in [-0.2, 0) is 28.6 Å². The fraction of sp³-hybridized carbons (Fsp3) is 0.831. The van der Waals surface area contributed by atoms with E-state index >= 15 is 0 Å². The molecule has 0 aromatic rings. The molecule has 0 saturated heterocycles. The summed E-state index contributed by atoms with van der Waals surface area (Å²) in [6, 6.07) is 0. The smallest absolute Gasteiger partial charge is 0.306 e. The third-order valence-electron chi connectivity index (χ3n) is 13.8. The quantitative estimate of drug-likeness (QED) is 0.0261. The van der Waals surface area contributed by atoms with E-state index in [1.165, 1.54) is 193 Å². The van der Waals surface area contributed by atoms with E-state index < -0.39 is 6.10 Å². The summed E-state index contributed by atoms with van der Waals surface area (Å²) in [7, 11) is 0. The monoisotopic (exact) mass is 995 g/mol. The topological polar surface area (TPSA) is 78.9 Å². The molecule has 1 unspecified atom stereocenters. The van der Waals surface area contributed by atoms with E-state index in [0.717, 1.165) is 96.3 Å². The van der Waals surface area contributed by atoms with Gasteiger partial charge in [0.25, 0.3) is 0 Å². The van der Waals surface area contributed by atoms with Gasteiger partial charge in [-0.1, -0.05) is 281 Å². The molecule has 0 rings (SSSR count). The number of esters is 3. The molecule has 0 aliphatic heterocycles. The van der Waals surface area contributed by atoms with E-state index in [1.54, 1.807) is 0 Å². The fourth-order valence-electron chi connectivity index (χ4n) is 9.16. The van der Waals surface area contributed by atoms with Crippen LogP contribution < -0.4 is 0 Å². The van der Waals surface area contributed by atoms with Crippen molar-refractivity contribution in [1.82, 2.24) is 0 Å². The van der Waals surface area contributed by atoms with Crippen molar-refractivity contribution in [3.63, 3.8) is 0 Å². The Kier molecular flexibility index (Phi) is 57.7. The van der Waals surface area contributed by atoms with Crippen molar-refractivity contribution in [1.29, 1.82) is 0 Å². The van der Waals surface area contributed by atoms with Crippen LogP contribution in [0.15, 0.2) is 48.6 Å². The lowest BCUT2D eigenvalue weighted by Gasteiger charge is -2.18. The van der Waals surface area contributed by atoms with Gasteiger partial charge >= 0.3 is 17.9 Å². The molecule has 0 aromatic heterocycles. The van der Waals surface area contributed by atoms with Crippen molar-refractivity contribution >= 4 is 17.9 Å². The number of carbonyl (C=O) groups is 3. The van der Waals surface area contributed by atoms with Gasteiger partial charge in [0.2, 0.25) is 0 Å². The highest BCUT2D eigenvalue weighted by atomic mass is 16.6. The van der Waals surface area contributed by atoms with E-state index in [2.05, 4.69) is 69.4 Å². The van der Waals surface area contributed by atoms with Crippen molar-refractivity contribution in [3.8, 4) is 0 Å². The van der Waals surface area contributed by atoms with Crippen LogP contribution in [0, 0.1) is 0 Å². The van der Waals surface area contributed by atoms with Crippen molar-refractivity contribution in [2.24, 2.45) is 0 Å². The highest BCUT2D eigenvalue weighted by Gasteiger charge is 2.19. The summed E-state index contributed by atoms with van der Waals surface area (Å²) in [6.45, 7) is 6.54. The van der Waals surface area contributed by atoms with Gasteiger partial charge < -0.3 is 14.2 Å². The molecule has 0 aliphatic rings. The zero-order chi connectivity index (χ0) is 51.4. The lowest BCUT2D eigenvalue weighted by molar-refractivity contribution is -0.167. The predicted molar refractivity (Wildman–Crippen MR) is 307 cm³/mol. The molecule has 1 atom stereocenters. The second-order valence-corrected chi connectivity index (χ2v) is 20.9. The van der Waals surface area contributed by atoms with E-state index in [9.17, 15) is 14.4 Å². The number of hydrogen-bond acceptors (Lipinski definition) is 6. The lowest BCUT2D eigenvalue weighted by atomic mass is 10.0. The van der Waals surface area contributed by atoms with Crippen LogP contribution in [0.1, 0.15) is 329 Å².